The number of methoxy groups -OCH3 is 1. The van der Waals surface area contributed by atoms with Crippen LogP contribution in [0.3, 0.4) is 0 Å². The van der Waals surface area contributed by atoms with Crippen molar-refractivity contribution >= 4 is 11.9 Å². The second kappa shape index (κ2) is 4.95. The Labute approximate surface area is 83.0 Å². The summed E-state index contributed by atoms with van der Waals surface area (Å²) >= 11 is 0. The van der Waals surface area contributed by atoms with Gasteiger partial charge in [-0.2, -0.15) is 0 Å². The Morgan fingerprint density at radius 1 is 1.29 bits per heavy atom. The maximum Gasteiger partial charge on any atom is 0.323 e. The molecule has 5 nitrogen and oxygen atoms in total. The van der Waals surface area contributed by atoms with E-state index in [-0.39, 0.29) is 0 Å². The third kappa shape index (κ3) is 4.23. The van der Waals surface area contributed by atoms with Crippen molar-refractivity contribution in [1.82, 2.24) is 0 Å². The third-order valence-corrected chi connectivity index (χ3v) is 1.36. The van der Waals surface area contributed by atoms with Crippen LogP contribution >= 0.6 is 0 Å². The van der Waals surface area contributed by atoms with Gasteiger partial charge in [-0.1, -0.05) is 0 Å². The minimum atomic E-state index is -1.25. The molecular weight excluding hydrogens is 188 g/mol. The van der Waals surface area contributed by atoms with Crippen LogP contribution in [-0.2, 0) is 19.1 Å². The Balaban J connectivity index is 4.40. The van der Waals surface area contributed by atoms with E-state index in [1.165, 1.54) is 0 Å². The molecule has 82 valence electrons. The van der Waals surface area contributed by atoms with Crippen molar-refractivity contribution < 1.29 is 24.2 Å². The highest BCUT2D eigenvalue weighted by atomic mass is 16.6. The largest absolute Gasteiger partial charge is 0.468 e. The summed E-state index contributed by atoms with van der Waals surface area (Å²) in [5, 5.41) is 8.79. The number of rotatable bonds is 3. The van der Waals surface area contributed by atoms with Gasteiger partial charge in [0.05, 0.1) is 13.7 Å². The number of aliphatic hydroxyl groups excluding tert-OH is 1. The fourth-order valence-electron chi connectivity index (χ4n) is 0.760. The van der Waals surface area contributed by atoms with Crippen LogP contribution in [0.15, 0.2) is 0 Å². The lowest BCUT2D eigenvalue weighted by atomic mass is 10.1. The Morgan fingerprint density at radius 2 is 1.79 bits per heavy atom. The predicted octanol–water partition coefficient (Wildman–Crippen LogP) is 0.110. The molecule has 0 aromatic carbocycles. The number of esters is 2. The minimum Gasteiger partial charge on any atom is -0.468 e. The molecule has 0 aliphatic rings. The van der Waals surface area contributed by atoms with E-state index in [1.54, 1.807) is 20.8 Å². The predicted molar refractivity (Wildman–Crippen MR) is 48.4 cm³/mol. The zero-order valence-electron chi connectivity index (χ0n) is 8.86. The van der Waals surface area contributed by atoms with Crippen LogP contribution in [-0.4, -0.2) is 36.4 Å². The molecule has 5 heteroatoms. The van der Waals surface area contributed by atoms with Crippen molar-refractivity contribution in [3.63, 3.8) is 0 Å². The molecule has 0 aliphatic carbocycles. The van der Waals surface area contributed by atoms with E-state index in [4.69, 9.17) is 9.84 Å². The van der Waals surface area contributed by atoms with Gasteiger partial charge >= 0.3 is 11.9 Å². The number of hydrogen-bond acceptors (Lipinski definition) is 5. The van der Waals surface area contributed by atoms with Gasteiger partial charge in [0.2, 0.25) is 0 Å². The molecule has 0 aromatic heterocycles. The maximum atomic E-state index is 11.3. The number of carbonyl (C=O) groups excluding carboxylic acids is 2. The summed E-state index contributed by atoms with van der Waals surface area (Å²) in [6.45, 7) is 4.42. The lowest BCUT2D eigenvalue weighted by molar-refractivity contribution is -0.169. The van der Waals surface area contributed by atoms with E-state index in [0.29, 0.717) is 0 Å². The van der Waals surface area contributed by atoms with Gasteiger partial charge in [0.15, 0.2) is 5.92 Å². The van der Waals surface area contributed by atoms with Crippen molar-refractivity contribution in [2.24, 2.45) is 5.92 Å². The van der Waals surface area contributed by atoms with E-state index < -0.39 is 30.1 Å². The van der Waals surface area contributed by atoms with Gasteiger partial charge in [-0.3, -0.25) is 9.59 Å². The highest BCUT2D eigenvalue weighted by Crippen LogP contribution is 2.11. The first-order valence-electron chi connectivity index (χ1n) is 4.23. The fourth-order valence-corrected chi connectivity index (χ4v) is 0.760. The van der Waals surface area contributed by atoms with Crippen LogP contribution in [0, 0.1) is 5.92 Å². The molecule has 0 aromatic rings. The minimum absolute atomic E-state index is 0.610. The fraction of sp³-hybridized carbons (Fsp3) is 0.778. The maximum absolute atomic E-state index is 11.3. The SMILES string of the molecule is COC(=O)C(CO)C(=O)OC(C)(C)C. The molecule has 0 spiro atoms. The Morgan fingerprint density at radius 3 is 2.07 bits per heavy atom. The van der Waals surface area contributed by atoms with Crippen LogP contribution in [0.25, 0.3) is 0 Å². The molecule has 0 amide bonds. The molecule has 0 saturated heterocycles. The molecular formula is C9H16O5. The van der Waals surface area contributed by atoms with Gasteiger partial charge < -0.3 is 14.6 Å². The van der Waals surface area contributed by atoms with E-state index >= 15 is 0 Å². The van der Waals surface area contributed by atoms with Gasteiger partial charge in [-0.05, 0) is 20.8 Å². The summed E-state index contributed by atoms with van der Waals surface area (Å²) < 4.78 is 9.25. The van der Waals surface area contributed by atoms with Crippen LogP contribution in [0.5, 0.6) is 0 Å². The second-order valence-electron chi connectivity index (χ2n) is 3.79. The van der Waals surface area contributed by atoms with Gasteiger partial charge in [-0.25, -0.2) is 0 Å². The monoisotopic (exact) mass is 204 g/mol. The first-order chi connectivity index (χ1) is 6.31. The van der Waals surface area contributed by atoms with Crippen LogP contribution in [0.2, 0.25) is 0 Å². The van der Waals surface area contributed by atoms with E-state index in [0.717, 1.165) is 7.11 Å². The lowest BCUT2D eigenvalue weighted by Gasteiger charge is -2.21. The Kier molecular flexibility index (Phi) is 4.56. The molecule has 0 heterocycles. The van der Waals surface area contributed by atoms with E-state index in [2.05, 4.69) is 4.74 Å². The lowest BCUT2D eigenvalue weighted by Crippen LogP contribution is -2.35. The van der Waals surface area contributed by atoms with Gasteiger partial charge in [-0.15, -0.1) is 0 Å². The highest BCUT2D eigenvalue weighted by Gasteiger charge is 2.31. The molecule has 1 N–H and O–H groups in total. The standard InChI is InChI=1S/C9H16O5/c1-9(2,3)14-8(12)6(5-10)7(11)13-4/h6,10H,5H2,1-4H3. The molecule has 0 saturated carbocycles. The zero-order valence-corrected chi connectivity index (χ0v) is 8.86. The van der Waals surface area contributed by atoms with Crippen molar-refractivity contribution in [3.05, 3.63) is 0 Å². The van der Waals surface area contributed by atoms with Crippen LogP contribution < -0.4 is 0 Å². The van der Waals surface area contributed by atoms with Crippen molar-refractivity contribution in [1.29, 1.82) is 0 Å². The molecule has 1 atom stereocenters. The number of carbonyl (C=O) groups is 2. The zero-order chi connectivity index (χ0) is 11.4. The molecule has 0 rings (SSSR count). The number of hydrogen-bond donors (Lipinski definition) is 1. The summed E-state index contributed by atoms with van der Waals surface area (Å²) in [6.07, 6.45) is 0. The van der Waals surface area contributed by atoms with Gasteiger partial charge in [0.1, 0.15) is 5.60 Å². The smallest absolute Gasteiger partial charge is 0.323 e. The number of aliphatic hydroxyl groups is 1. The second-order valence-corrected chi connectivity index (χ2v) is 3.79. The van der Waals surface area contributed by atoms with Crippen LogP contribution in [0.1, 0.15) is 20.8 Å². The summed E-state index contributed by atoms with van der Waals surface area (Å²) in [5.74, 6) is -2.81. The Hall–Kier alpha value is -1.10. The molecule has 14 heavy (non-hydrogen) atoms. The topological polar surface area (TPSA) is 72.8 Å². The van der Waals surface area contributed by atoms with Gasteiger partial charge in [0, 0.05) is 0 Å². The van der Waals surface area contributed by atoms with Gasteiger partial charge in [0.25, 0.3) is 0 Å². The first kappa shape index (κ1) is 12.9. The third-order valence-electron chi connectivity index (χ3n) is 1.36. The van der Waals surface area contributed by atoms with Crippen molar-refractivity contribution in [2.45, 2.75) is 26.4 Å². The molecule has 0 bridgehead atoms. The normalized spacial score (nSPS) is 13.2. The molecule has 0 radical (unpaired) electrons. The molecule has 0 aliphatic heterocycles. The summed E-state index contributed by atoms with van der Waals surface area (Å²) in [6, 6.07) is 0. The van der Waals surface area contributed by atoms with E-state index in [1.807, 2.05) is 0 Å². The summed E-state index contributed by atoms with van der Waals surface area (Å²) in [5.41, 5.74) is -0.682. The highest BCUT2D eigenvalue weighted by molar-refractivity contribution is 5.95. The molecule has 1 unspecified atom stereocenters. The van der Waals surface area contributed by atoms with Crippen LogP contribution in [0.4, 0.5) is 0 Å². The van der Waals surface area contributed by atoms with Crippen molar-refractivity contribution in [2.75, 3.05) is 13.7 Å². The average Bonchev–Trinajstić information content (AvgIpc) is 2.01. The Bertz CT molecular complexity index is 216. The quantitative estimate of drug-likeness (QED) is 0.521. The summed E-state index contributed by atoms with van der Waals surface area (Å²) in [7, 11) is 1.15. The van der Waals surface area contributed by atoms with E-state index in [9.17, 15) is 9.59 Å². The molecule has 0 fully saturated rings. The summed E-state index contributed by atoms with van der Waals surface area (Å²) in [4.78, 5) is 22.3. The first-order valence-corrected chi connectivity index (χ1v) is 4.23. The number of ether oxygens (including phenoxy) is 2. The van der Waals surface area contributed by atoms with Crippen molar-refractivity contribution in [3.8, 4) is 0 Å². The average molecular weight is 204 g/mol.